The number of nitrogens with zero attached hydrogens (tertiary/aromatic N) is 2. The van der Waals surface area contributed by atoms with E-state index in [4.69, 9.17) is 5.26 Å². The summed E-state index contributed by atoms with van der Waals surface area (Å²) in [4.78, 5) is 25.2. The van der Waals surface area contributed by atoms with Crippen LogP contribution >= 0.6 is 0 Å². The van der Waals surface area contributed by atoms with E-state index in [1.165, 1.54) is 4.90 Å². The summed E-state index contributed by atoms with van der Waals surface area (Å²) in [5, 5.41) is 8.80. The molecule has 0 aromatic carbocycles. The van der Waals surface area contributed by atoms with E-state index in [1.54, 1.807) is 6.92 Å². The number of carbonyl (C=O) groups excluding carboxylic acids is 2. The van der Waals surface area contributed by atoms with Crippen molar-refractivity contribution in [1.29, 1.82) is 5.26 Å². The minimum Gasteiger partial charge on any atom is -0.274 e. The standard InChI is InChI=1S/C12H16N2O2/c1-3-8-4-9-10(5-8)12(16)14(11(9)15)7(2)6-13/h7-10H,3-5H2,1-2H3. The van der Waals surface area contributed by atoms with E-state index >= 15 is 0 Å². The van der Waals surface area contributed by atoms with E-state index in [2.05, 4.69) is 6.92 Å². The van der Waals surface area contributed by atoms with Gasteiger partial charge in [0, 0.05) is 0 Å². The summed E-state index contributed by atoms with van der Waals surface area (Å²) in [6, 6.07) is 1.35. The molecule has 0 N–H and O–H groups in total. The molecule has 0 bridgehead atoms. The van der Waals surface area contributed by atoms with Crippen molar-refractivity contribution in [3.05, 3.63) is 0 Å². The predicted molar refractivity (Wildman–Crippen MR) is 56.9 cm³/mol. The molecule has 0 spiro atoms. The normalized spacial score (nSPS) is 35.1. The van der Waals surface area contributed by atoms with Crippen LogP contribution < -0.4 is 0 Å². The Morgan fingerprint density at radius 3 is 2.25 bits per heavy atom. The smallest absolute Gasteiger partial charge is 0.234 e. The van der Waals surface area contributed by atoms with Crippen LogP contribution in [-0.2, 0) is 9.59 Å². The van der Waals surface area contributed by atoms with Gasteiger partial charge in [-0.1, -0.05) is 13.3 Å². The highest BCUT2D eigenvalue weighted by Crippen LogP contribution is 2.44. The van der Waals surface area contributed by atoms with Gasteiger partial charge < -0.3 is 0 Å². The third-order valence-corrected chi connectivity index (χ3v) is 3.92. The Hall–Kier alpha value is -1.37. The molecule has 3 unspecified atom stereocenters. The van der Waals surface area contributed by atoms with E-state index in [0.29, 0.717) is 5.92 Å². The molecule has 1 heterocycles. The molecular weight excluding hydrogens is 204 g/mol. The molecule has 1 aliphatic heterocycles. The maximum absolute atomic E-state index is 12.0. The highest BCUT2D eigenvalue weighted by atomic mass is 16.2. The van der Waals surface area contributed by atoms with Crippen molar-refractivity contribution in [2.75, 3.05) is 0 Å². The van der Waals surface area contributed by atoms with Crippen LogP contribution in [0.15, 0.2) is 0 Å². The van der Waals surface area contributed by atoms with Gasteiger partial charge in [-0.2, -0.15) is 5.26 Å². The number of hydrogen-bond acceptors (Lipinski definition) is 3. The second kappa shape index (κ2) is 3.89. The predicted octanol–water partition coefficient (Wildman–Crippen LogP) is 1.32. The van der Waals surface area contributed by atoms with Crippen molar-refractivity contribution < 1.29 is 9.59 Å². The van der Waals surface area contributed by atoms with Crippen LogP contribution in [0, 0.1) is 29.1 Å². The van der Waals surface area contributed by atoms with E-state index in [-0.39, 0.29) is 23.7 Å². The van der Waals surface area contributed by atoms with E-state index in [0.717, 1.165) is 19.3 Å². The first-order valence-electron chi connectivity index (χ1n) is 5.86. The lowest BCUT2D eigenvalue weighted by atomic mass is 10.00. The Labute approximate surface area is 95.2 Å². The fourth-order valence-electron chi connectivity index (χ4n) is 2.93. The maximum atomic E-state index is 12.0. The van der Waals surface area contributed by atoms with Gasteiger partial charge in [0.05, 0.1) is 17.9 Å². The second-order valence-corrected chi connectivity index (χ2v) is 4.81. The number of likely N-dealkylation sites (tertiary alicyclic amines) is 1. The number of nitriles is 1. The van der Waals surface area contributed by atoms with Gasteiger partial charge in [-0.25, -0.2) is 0 Å². The molecule has 2 aliphatic rings. The number of rotatable bonds is 2. The molecule has 1 saturated heterocycles. The number of fused-ring (bicyclic) bond motifs is 1. The SMILES string of the molecule is CCC1CC2C(=O)N(C(C)C#N)C(=O)C2C1. The molecule has 3 atom stereocenters. The quantitative estimate of drug-likeness (QED) is 0.659. The van der Waals surface area contributed by atoms with E-state index in [9.17, 15) is 9.59 Å². The Morgan fingerprint density at radius 2 is 1.88 bits per heavy atom. The van der Waals surface area contributed by atoms with Crippen molar-refractivity contribution in [2.45, 2.75) is 39.2 Å². The Morgan fingerprint density at radius 1 is 1.38 bits per heavy atom. The van der Waals surface area contributed by atoms with Gasteiger partial charge in [-0.15, -0.1) is 0 Å². The molecule has 4 nitrogen and oxygen atoms in total. The van der Waals surface area contributed by atoms with Gasteiger partial charge in [0.1, 0.15) is 6.04 Å². The first-order valence-corrected chi connectivity index (χ1v) is 5.86. The molecule has 0 radical (unpaired) electrons. The van der Waals surface area contributed by atoms with Gasteiger partial charge in [-0.3, -0.25) is 14.5 Å². The molecular formula is C12H16N2O2. The van der Waals surface area contributed by atoms with Gasteiger partial charge in [-0.05, 0) is 25.7 Å². The van der Waals surface area contributed by atoms with Gasteiger partial charge in [0.15, 0.2) is 0 Å². The van der Waals surface area contributed by atoms with Gasteiger partial charge in [0.2, 0.25) is 11.8 Å². The highest BCUT2D eigenvalue weighted by molar-refractivity contribution is 6.06. The third kappa shape index (κ3) is 1.42. The summed E-state index contributed by atoms with van der Waals surface area (Å²) in [6.07, 6.45) is 2.67. The fraction of sp³-hybridized carbons (Fsp3) is 0.750. The molecule has 4 heteroatoms. The molecule has 1 saturated carbocycles. The molecule has 0 aromatic rings. The molecule has 2 rings (SSSR count). The second-order valence-electron chi connectivity index (χ2n) is 4.81. The zero-order valence-corrected chi connectivity index (χ0v) is 9.64. The fourth-order valence-corrected chi connectivity index (χ4v) is 2.93. The minimum absolute atomic E-state index is 0.125. The van der Waals surface area contributed by atoms with Crippen molar-refractivity contribution >= 4 is 11.8 Å². The van der Waals surface area contributed by atoms with Crippen molar-refractivity contribution in [3.63, 3.8) is 0 Å². The average molecular weight is 220 g/mol. The van der Waals surface area contributed by atoms with Crippen molar-refractivity contribution in [1.82, 2.24) is 4.90 Å². The van der Waals surface area contributed by atoms with Crippen LogP contribution in [0.2, 0.25) is 0 Å². The van der Waals surface area contributed by atoms with E-state index < -0.39 is 6.04 Å². The third-order valence-electron chi connectivity index (χ3n) is 3.92. The molecule has 1 aliphatic carbocycles. The topological polar surface area (TPSA) is 61.2 Å². The number of imide groups is 1. The summed E-state index contributed by atoms with van der Waals surface area (Å²) in [7, 11) is 0. The largest absolute Gasteiger partial charge is 0.274 e. The summed E-state index contributed by atoms with van der Waals surface area (Å²) in [6.45, 7) is 3.70. The highest BCUT2D eigenvalue weighted by Gasteiger charge is 2.53. The van der Waals surface area contributed by atoms with Crippen LogP contribution in [0.4, 0.5) is 0 Å². The lowest BCUT2D eigenvalue weighted by Crippen LogP contribution is -2.38. The average Bonchev–Trinajstić information content (AvgIpc) is 2.80. The lowest BCUT2D eigenvalue weighted by Gasteiger charge is -2.19. The van der Waals surface area contributed by atoms with Crippen LogP contribution in [0.25, 0.3) is 0 Å². The summed E-state index contributed by atoms with van der Waals surface area (Å²) in [5.41, 5.74) is 0. The van der Waals surface area contributed by atoms with Crippen LogP contribution in [0.3, 0.4) is 0 Å². The maximum Gasteiger partial charge on any atom is 0.234 e. The lowest BCUT2D eigenvalue weighted by molar-refractivity contribution is -0.141. The van der Waals surface area contributed by atoms with E-state index in [1.807, 2.05) is 6.07 Å². The van der Waals surface area contributed by atoms with Crippen LogP contribution in [-0.4, -0.2) is 22.8 Å². The molecule has 16 heavy (non-hydrogen) atoms. The Bertz CT molecular complexity index is 348. The van der Waals surface area contributed by atoms with Crippen molar-refractivity contribution in [2.24, 2.45) is 17.8 Å². The van der Waals surface area contributed by atoms with Crippen LogP contribution in [0.1, 0.15) is 33.1 Å². The first-order chi connectivity index (χ1) is 7.60. The monoisotopic (exact) mass is 220 g/mol. The summed E-state index contributed by atoms with van der Waals surface area (Å²) < 4.78 is 0. The number of carbonyl (C=O) groups is 2. The van der Waals surface area contributed by atoms with Crippen LogP contribution in [0.5, 0.6) is 0 Å². The minimum atomic E-state index is -0.620. The number of hydrogen-bond donors (Lipinski definition) is 0. The Kier molecular flexibility index (Phi) is 2.71. The summed E-state index contributed by atoms with van der Waals surface area (Å²) >= 11 is 0. The molecule has 2 amide bonds. The molecule has 2 fully saturated rings. The number of amides is 2. The van der Waals surface area contributed by atoms with Crippen molar-refractivity contribution in [3.8, 4) is 6.07 Å². The van der Waals surface area contributed by atoms with Gasteiger partial charge >= 0.3 is 0 Å². The zero-order chi connectivity index (χ0) is 11.9. The Balaban J connectivity index is 2.20. The van der Waals surface area contributed by atoms with Gasteiger partial charge in [0.25, 0.3) is 0 Å². The molecule has 0 aromatic heterocycles. The zero-order valence-electron chi connectivity index (χ0n) is 9.64. The molecule has 86 valence electrons. The first kappa shape index (κ1) is 11.1. The summed E-state index contributed by atoms with van der Waals surface area (Å²) in [5.74, 6) is -0.0380.